The predicted octanol–water partition coefficient (Wildman–Crippen LogP) is 4.84. The molecule has 1 saturated carbocycles. The molecule has 0 heterocycles. The van der Waals surface area contributed by atoms with Crippen molar-refractivity contribution in [1.82, 2.24) is 10.6 Å². The van der Waals surface area contributed by atoms with Crippen molar-refractivity contribution in [2.75, 3.05) is 6.61 Å². The highest BCUT2D eigenvalue weighted by atomic mass is 16.5. The first-order chi connectivity index (χ1) is 17.0. The zero-order valence-electron chi connectivity index (χ0n) is 20.2. The van der Waals surface area contributed by atoms with Crippen molar-refractivity contribution in [3.63, 3.8) is 0 Å². The van der Waals surface area contributed by atoms with Gasteiger partial charge in [-0.15, -0.1) is 0 Å². The fourth-order valence-electron chi connectivity index (χ4n) is 5.47. The quantitative estimate of drug-likeness (QED) is 0.478. The first-order valence-corrected chi connectivity index (χ1v) is 12.6. The number of aliphatic carboxylic acids is 1. The molecule has 1 fully saturated rings. The second-order valence-electron chi connectivity index (χ2n) is 9.60. The van der Waals surface area contributed by atoms with Crippen molar-refractivity contribution in [3.05, 3.63) is 59.7 Å². The van der Waals surface area contributed by atoms with Gasteiger partial charge in [-0.1, -0.05) is 68.3 Å². The number of fused-ring (bicyclic) bond motifs is 3. The molecule has 7 nitrogen and oxygen atoms in total. The Bertz CT molecular complexity index is 1020. The summed E-state index contributed by atoms with van der Waals surface area (Å²) in [6.07, 6.45) is 3.92. The summed E-state index contributed by atoms with van der Waals surface area (Å²) in [6.45, 7) is 2.11. The zero-order valence-corrected chi connectivity index (χ0v) is 20.2. The zero-order chi connectivity index (χ0) is 24.8. The van der Waals surface area contributed by atoms with Crippen LogP contribution in [0.1, 0.15) is 68.9 Å². The lowest BCUT2D eigenvalue weighted by molar-refractivity contribution is -0.137. The molecule has 7 heteroatoms. The lowest BCUT2D eigenvalue weighted by atomic mass is 9.82. The van der Waals surface area contributed by atoms with Crippen LogP contribution in [0.25, 0.3) is 11.1 Å². The minimum atomic E-state index is -0.926. The van der Waals surface area contributed by atoms with Crippen LogP contribution in [0.2, 0.25) is 0 Å². The molecule has 0 aliphatic heterocycles. The van der Waals surface area contributed by atoms with E-state index in [4.69, 9.17) is 9.84 Å². The van der Waals surface area contributed by atoms with E-state index in [0.29, 0.717) is 6.42 Å². The molecule has 0 saturated heterocycles. The summed E-state index contributed by atoms with van der Waals surface area (Å²) in [5, 5.41) is 14.9. The summed E-state index contributed by atoms with van der Waals surface area (Å²) in [5.41, 5.74) is 4.70. The summed E-state index contributed by atoms with van der Waals surface area (Å²) in [7, 11) is 0. The number of carbonyl (C=O) groups is 3. The third-order valence-electron chi connectivity index (χ3n) is 7.28. The molecule has 0 aromatic heterocycles. The summed E-state index contributed by atoms with van der Waals surface area (Å²) in [4.78, 5) is 36.3. The molecule has 3 N–H and O–H groups in total. The van der Waals surface area contributed by atoms with E-state index in [1.54, 1.807) is 0 Å². The Morgan fingerprint density at radius 2 is 1.63 bits per heavy atom. The van der Waals surface area contributed by atoms with E-state index in [0.717, 1.165) is 25.7 Å². The van der Waals surface area contributed by atoms with Crippen molar-refractivity contribution < 1.29 is 24.2 Å². The van der Waals surface area contributed by atoms with Crippen LogP contribution in [0.3, 0.4) is 0 Å². The van der Waals surface area contributed by atoms with Gasteiger partial charge in [0, 0.05) is 24.4 Å². The summed E-state index contributed by atoms with van der Waals surface area (Å²) in [6, 6.07) is 15.9. The molecule has 2 amide bonds. The normalized spacial score (nSPS) is 19.8. The van der Waals surface area contributed by atoms with E-state index in [-0.39, 0.29) is 49.3 Å². The maximum atomic E-state index is 12.8. The van der Waals surface area contributed by atoms with Crippen LogP contribution in [0.5, 0.6) is 0 Å². The average molecular weight is 479 g/mol. The molecule has 0 bridgehead atoms. The van der Waals surface area contributed by atoms with Crippen LogP contribution in [-0.2, 0) is 14.3 Å². The van der Waals surface area contributed by atoms with Crippen molar-refractivity contribution >= 4 is 18.0 Å². The molecular formula is C28H34N2O5. The number of carbonyl (C=O) groups excluding carboxylic acids is 2. The van der Waals surface area contributed by atoms with Crippen molar-refractivity contribution in [3.8, 4) is 11.1 Å². The molecule has 4 rings (SSSR count). The molecule has 3 atom stereocenters. The van der Waals surface area contributed by atoms with Gasteiger partial charge in [0.15, 0.2) is 0 Å². The molecule has 35 heavy (non-hydrogen) atoms. The standard InChI is InChI=1S/C28H34N2O5/c1-2-19(16-27(32)33)29-26(31)15-18-9-3-8-14-25(18)30-28(34)35-17-24-22-12-6-4-10-20(22)21-11-5-7-13-23(21)24/h4-7,10-13,18-19,24-25H,2-3,8-9,14-17H2,1H3,(H,29,31)(H,30,34)(H,32,33)/t18?,19-,25?/m0/s1. The summed E-state index contributed by atoms with van der Waals surface area (Å²) < 4.78 is 5.71. The highest BCUT2D eigenvalue weighted by Gasteiger charge is 2.32. The smallest absolute Gasteiger partial charge is 0.407 e. The van der Waals surface area contributed by atoms with Gasteiger partial charge in [-0.2, -0.15) is 0 Å². The largest absolute Gasteiger partial charge is 0.481 e. The third-order valence-corrected chi connectivity index (χ3v) is 7.28. The van der Waals surface area contributed by atoms with Gasteiger partial charge in [-0.3, -0.25) is 9.59 Å². The maximum Gasteiger partial charge on any atom is 0.407 e. The SMILES string of the molecule is CC[C@@H](CC(=O)O)NC(=O)CC1CCCCC1NC(=O)OCC1c2ccccc2-c2ccccc21. The molecular weight excluding hydrogens is 444 g/mol. The van der Waals surface area contributed by atoms with Gasteiger partial charge in [-0.25, -0.2) is 4.79 Å². The maximum absolute atomic E-state index is 12.8. The van der Waals surface area contributed by atoms with Crippen LogP contribution in [-0.4, -0.2) is 41.8 Å². The molecule has 2 aromatic carbocycles. The van der Waals surface area contributed by atoms with Crippen molar-refractivity contribution in [2.24, 2.45) is 5.92 Å². The lowest BCUT2D eigenvalue weighted by Crippen LogP contribution is -2.45. The predicted molar refractivity (Wildman–Crippen MR) is 133 cm³/mol. The van der Waals surface area contributed by atoms with E-state index >= 15 is 0 Å². The number of ether oxygens (including phenoxy) is 1. The highest BCUT2D eigenvalue weighted by Crippen LogP contribution is 2.44. The lowest BCUT2D eigenvalue weighted by Gasteiger charge is -2.32. The van der Waals surface area contributed by atoms with E-state index in [2.05, 4.69) is 34.9 Å². The fourth-order valence-corrected chi connectivity index (χ4v) is 5.47. The molecule has 2 aliphatic rings. The van der Waals surface area contributed by atoms with Gasteiger partial charge in [0.05, 0.1) is 6.42 Å². The second kappa shape index (κ2) is 11.4. The van der Waals surface area contributed by atoms with Crippen LogP contribution >= 0.6 is 0 Å². The van der Waals surface area contributed by atoms with Gasteiger partial charge < -0.3 is 20.5 Å². The number of carboxylic acids is 1. The van der Waals surface area contributed by atoms with Gasteiger partial charge in [0.25, 0.3) is 0 Å². The van der Waals surface area contributed by atoms with Crippen LogP contribution in [0.15, 0.2) is 48.5 Å². The first kappa shape index (κ1) is 24.8. The Morgan fingerprint density at radius 1 is 1.00 bits per heavy atom. The number of hydrogen-bond acceptors (Lipinski definition) is 4. The third kappa shape index (κ3) is 6.02. The number of alkyl carbamates (subject to hydrolysis) is 1. The van der Waals surface area contributed by atoms with E-state index in [9.17, 15) is 14.4 Å². The van der Waals surface area contributed by atoms with Crippen LogP contribution in [0, 0.1) is 5.92 Å². The number of carboxylic acid groups (broad SMARTS) is 1. The van der Waals surface area contributed by atoms with Crippen LogP contribution < -0.4 is 10.6 Å². The Hall–Kier alpha value is -3.35. The molecule has 2 unspecified atom stereocenters. The van der Waals surface area contributed by atoms with Gasteiger partial charge in [-0.05, 0) is 47.4 Å². The monoisotopic (exact) mass is 478 g/mol. The first-order valence-electron chi connectivity index (χ1n) is 12.6. The van der Waals surface area contributed by atoms with Gasteiger partial charge in [0.2, 0.25) is 5.91 Å². The number of rotatable bonds is 9. The second-order valence-corrected chi connectivity index (χ2v) is 9.60. The van der Waals surface area contributed by atoms with Crippen molar-refractivity contribution in [1.29, 1.82) is 0 Å². The number of nitrogens with one attached hydrogen (secondary N) is 2. The average Bonchev–Trinajstić information content (AvgIpc) is 3.17. The number of hydrogen-bond donors (Lipinski definition) is 3. The Morgan fingerprint density at radius 3 is 2.26 bits per heavy atom. The Balaban J connectivity index is 1.33. The number of amides is 2. The molecule has 2 aliphatic carbocycles. The minimum absolute atomic E-state index is 0.00120. The van der Waals surface area contributed by atoms with Crippen molar-refractivity contribution in [2.45, 2.75) is 69.9 Å². The Kier molecular flexibility index (Phi) is 8.06. The van der Waals surface area contributed by atoms with Crippen LogP contribution in [0.4, 0.5) is 4.79 Å². The minimum Gasteiger partial charge on any atom is -0.481 e. The Labute approximate surface area is 206 Å². The van der Waals surface area contributed by atoms with E-state index < -0.39 is 12.1 Å². The summed E-state index contributed by atoms with van der Waals surface area (Å²) in [5.74, 6) is -1.08. The van der Waals surface area contributed by atoms with E-state index in [1.165, 1.54) is 22.3 Å². The molecule has 2 aromatic rings. The van der Waals surface area contributed by atoms with Gasteiger partial charge in [0.1, 0.15) is 6.61 Å². The fraction of sp³-hybridized carbons (Fsp3) is 0.464. The highest BCUT2D eigenvalue weighted by molar-refractivity contribution is 5.79. The molecule has 0 spiro atoms. The van der Waals surface area contributed by atoms with Gasteiger partial charge >= 0.3 is 12.1 Å². The van der Waals surface area contributed by atoms with E-state index in [1.807, 2.05) is 31.2 Å². The number of benzene rings is 2. The topological polar surface area (TPSA) is 105 Å². The molecule has 0 radical (unpaired) electrons. The molecule has 186 valence electrons. The summed E-state index contributed by atoms with van der Waals surface area (Å²) >= 11 is 0.